The first kappa shape index (κ1) is 25.9. The van der Waals surface area contributed by atoms with Crippen LogP contribution in [-0.4, -0.2) is 23.1 Å². The first-order chi connectivity index (χ1) is 16.3. The van der Waals surface area contributed by atoms with E-state index in [9.17, 15) is 9.59 Å². The van der Waals surface area contributed by atoms with Gasteiger partial charge in [-0.05, 0) is 74.9 Å². The van der Waals surface area contributed by atoms with Crippen LogP contribution in [0.3, 0.4) is 0 Å². The average molecular weight is 467 g/mol. The monoisotopic (exact) mass is 466 g/mol. The second-order valence-corrected chi connectivity index (χ2v) is 9.00. The topological polar surface area (TPSA) is 71.1 Å². The molecular weight excluding hydrogens is 432 g/mol. The second-order valence-electron chi connectivity index (χ2n) is 9.00. The van der Waals surface area contributed by atoms with Crippen LogP contribution in [-0.2, 0) is 32.4 Å². The minimum Gasteiger partial charge on any atom is -0.292 e. The number of hydrogen-bond donors (Lipinski definition) is 0. The zero-order valence-corrected chi connectivity index (χ0v) is 20.1. The Morgan fingerprint density at radius 2 is 1.06 bits per heavy atom. The molecule has 1 aliphatic rings. The number of hydrogen-bond acceptors (Lipinski definition) is 6. The van der Waals surface area contributed by atoms with Gasteiger partial charge >= 0.3 is 11.9 Å². The molecule has 0 spiro atoms. The molecule has 0 aromatic heterocycles. The highest BCUT2D eigenvalue weighted by Gasteiger charge is 2.53. The van der Waals surface area contributed by atoms with Crippen molar-refractivity contribution in [3.05, 3.63) is 84.6 Å². The molecule has 0 N–H and O–H groups in total. The number of rotatable bonds is 10. The van der Waals surface area contributed by atoms with Crippen molar-refractivity contribution < 1.29 is 29.1 Å². The van der Waals surface area contributed by atoms with Gasteiger partial charge in [-0.3, -0.25) is 9.78 Å². The van der Waals surface area contributed by atoms with E-state index in [1.54, 1.807) is 24.3 Å². The molecular formula is C28H34O6. The number of benzene rings is 2. The molecule has 0 saturated heterocycles. The van der Waals surface area contributed by atoms with Crippen LogP contribution in [0.2, 0.25) is 0 Å². The summed E-state index contributed by atoms with van der Waals surface area (Å²) in [7, 11) is 0. The molecule has 0 bridgehead atoms. The maximum atomic E-state index is 12.5. The van der Waals surface area contributed by atoms with Crippen LogP contribution >= 0.6 is 0 Å². The third-order valence-electron chi connectivity index (χ3n) is 6.25. The molecule has 1 fully saturated rings. The minimum absolute atomic E-state index is 0.368. The van der Waals surface area contributed by atoms with Crippen molar-refractivity contribution in [1.82, 2.24) is 0 Å². The summed E-state index contributed by atoms with van der Waals surface area (Å²) in [5.74, 6) is -1.27. The Hall–Kier alpha value is -2.70. The molecule has 6 nitrogen and oxygen atoms in total. The maximum absolute atomic E-state index is 12.5. The van der Waals surface area contributed by atoms with Gasteiger partial charge in [-0.2, -0.15) is 9.78 Å². The molecule has 34 heavy (non-hydrogen) atoms. The fourth-order valence-electron chi connectivity index (χ4n) is 4.04. The molecule has 2 atom stereocenters. The summed E-state index contributed by atoms with van der Waals surface area (Å²) in [6, 6.07) is 14.4. The molecule has 182 valence electrons. The summed E-state index contributed by atoms with van der Waals surface area (Å²) < 4.78 is 0. The van der Waals surface area contributed by atoms with E-state index in [0.717, 1.165) is 49.7 Å². The van der Waals surface area contributed by atoms with Crippen LogP contribution in [0.4, 0.5) is 0 Å². The lowest BCUT2D eigenvalue weighted by Gasteiger charge is -2.44. The molecule has 2 radical (unpaired) electrons. The largest absolute Gasteiger partial charge is 0.373 e. The molecule has 0 heterocycles. The Balaban J connectivity index is 1.61. The summed E-state index contributed by atoms with van der Waals surface area (Å²) in [5, 5.41) is 0. The van der Waals surface area contributed by atoms with Crippen molar-refractivity contribution in [2.45, 2.75) is 76.4 Å². The quantitative estimate of drug-likeness (QED) is 0.307. The van der Waals surface area contributed by atoms with E-state index >= 15 is 0 Å². The standard InChI is InChI=1S/C28H34O6/c1-5-9-21-11-15-23(16-12-21)25(29)31-33-27(3)19-7-8-20-28(27,4)34-32-26(30)24-17-13-22(10-6-2)14-18-24/h11-18H,3-10,19-20H2,1-2H3. The molecule has 1 aliphatic carbocycles. The first-order valence-electron chi connectivity index (χ1n) is 12.0. The van der Waals surface area contributed by atoms with Crippen molar-refractivity contribution in [2.24, 2.45) is 0 Å². The zero-order chi connectivity index (χ0) is 24.6. The lowest BCUT2D eigenvalue weighted by Crippen LogP contribution is -2.56. The van der Waals surface area contributed by atoms with Crippen molar-refractivity contribution >= 4 is 11.9 Å². The lowest BCUT2D eigenvalue weighted by atomic mass is 9.74. The smallest absolute Gasteiger partial charge is 0.292 e. The molecule has 0 amide bonds. The molecule has 6 heteroatoms. The van der Waals surface area contributed by atoms with E-state index in [-0.39, 0.29) is 0 Å². The Morgan fingerprint density at radius 3 is 1.38 bits per heavy atom. The van der Waals surface area contributed by atoms with E-state index in [4.69, 9.17) is 19.6 Å². The second kappa shape index (κ2) is 11.6. The van der Waals surface area contributed by atoms with Crippen molar-refractivity contribution in [2.75, 3.05) is 0 Å². The van der Waals surface area contributed by atoms with E-state index in [1.807, 2.05) is 24.3 Å². The van der Waals surface area contributed by atoms with Gasteiger partial charge in [-0.15, -0.1) is 0 Å². The average Bonchev–Trinajstić information content (AvgIpc) is 2.84. The fraction of sp³-hybridized carbons (Fsp3) is 0.429. The fourth-order valence-corrected chi connectivity index (χ4v) is 4.04. The Bertz CT molecular complexity index is 872. The number of carbonyl (C=O) groups excluding carboxylic acids is 2. The van der Waals surface area contributed by atoms with Gasteiger partial charge in [0, 0.05) is 0 Å². The van der Waals surface area contributed by atoms with Gasteiger partial charge in [0.2, 0.25) is 0 Å². The predicted octanol–water partition coefficient (Wildman–Crippen LogP) is 6.19. The summed E-state index contributed by atoms with van der Waals surface area (Å²) >= 11 is 0. The first-order valence-corrected chi connectivity index (χ1v) is 12.0. The number of carbonyl (C=O) groups is 2. The maximum Gasteiger partial charge on any atom is 0.373 e. The van der Waals surface area contributed by atoms with Gasteiger partial charge < -0.3 is 0 Å². The van der Waals surface area contributed by atoms with Crippen LogP contribution in [0.1, 0.15) is 84.2 Å². The van der Waals surface area contributed by atoms with Gasteiger partial charge in [0.05, 0.1) is 11.1 Å². The highest BCUT2D eigenvalue weighted by Crippen LogP contribution is 2.42. The number of aryl methyl sites for hydroxylation is 2. The van der Waals surface area contributed by atoms with Gasteiger partial charge in [-0.1, -0.05) is 63.8 Å². The summed E-state index contributed by atoms with van der Waals surface area (Å²) in [5.41, 5.74) is 0.351. The zero-order valence-electron chi connectivity index (χ0n) is 20.1. The molecule has 1 saturated carbocycles. The Labute approximate surface area is 202 Å². The van der Waals surface area contributed by atoms with Crippen molar-refractivity contribution in [3.8, 4) is 0 Å². The van der Waals surface area contributed by atoms with Crippen molar-refractivity contribution in [3.63, 3.8) is 0 Å². The highest BCUT2D eigenvalue weighted by molar-refractivity contribution is 5.89. The van der Waals surface area contributed by atoms with E-state index in [1.165, 1.54) is 0 Å². The summed E-state index contributed by atoms with van der Waals surface area (Å²) in [6.07, 6.45) is 6.33. The van der Waals surface area contributed by atoms with Crippen LogP contribution < -0.4 is 0 Å². The summed E-state index contributed by atoms with van der Waals surface area (Å²) in [6.45, 7) is 12.4. The Morgan fingerprint density at radius 1 is 0.706 bits per heavy atom. The van der Waals surface area contributed by atoms with Crippen LogP contribution in [0, 0.1) is 13.8 Å². The highest BCUT2D eigenvalue weighted by atomic mass is 17.2. The van der Waals surface area contributed by atoms with E-state index in [0.29, 0.717) is 24.0 Å². The normalized spacial score (nSPS) is 22.2. The van der Waals surface area contributed by atoms with Gasteiger partial charge in [0.15, 0.2) is 0 Å². The van der Waals surface area contributed by atoms with E-state index < -0.39 is 23.1 Å². The van der Waals surface area contributed by atoms with Gasteiger partial charge in [0.1, 0.15) is 11.2 Å². The van der Waals surface area contributed by atoms with Crippen LogP contribution in [0.25, 0.3) is 0 Å². The molecule has 3 rings (SSSR count). The minimum atomic E-state index is -1.34. The third kappa shape index (κ3) is 6.24. The lowest BCUT2D eigenvalue weighted by molar-refractivity contribution is -0.403. The van der Waals surface area contributed by atoms with E-state index in [2.05, 4.69) is 27.7 Å². The van der Waals surface area contributed by atoms with Crippen LogP contribution in [0.15, 0.2) is 48.5 Å². The van der Waals surface area contributed by atoms with Gasteiger partial charge in [0.25, 0.3) is 0 Å². The van der Waals surface area contributed by atoms with Crippen LogP contribution in [0.5, 0.6) is 0 Å². The van der Waals surface area contributed by atoms with Gasteiger partial charge in [-0.25, -0.2) is 9.59 Å². The third-order valence-corrected chi connectivity index (χ3v) is 6.25. The molecule has 2 unspecified atom stereocenters. The molecule has 2 aromatic carbocycles. The predicted molar refractivity (Wildman–Crippen MR) is 129 cm³/mol. The van der Waals surface area contributed by atoms with Crippen molar-refractivity contribution in [1.29, 1.82) is 0 Å². The SMILES string of the molecule is [CH2]C1(OOC(=O)c2ccc(CCC)cc2)CCCCC1([CH2])OOC(=O)c1ccc(CCC)cc1. The Kier molecular flexibility index (Phi) is 8.86. The molecule has 0 aliphatic heterocycles. The summed E-state index contributed by atoms with van der Waals surface area (Å²) in [4.78, 5) is 46.3. The molecule has 2 aromatic rings.